The van der Waals surface area contributed by atoms with Gasteiger partial charge >= 0.3 is 0 Å². The van der Waals surface area contributed by atoms with Crippen molar-refractivity contribution in [1.82, 2.24) is 34.5 Å². The molecule has 184 valence electrons. The highest BCUT2D eigenvalue weighted by molar-refractivity contribution is 5.68. The number of pyridine rings is 1. The number of rotatable bonds is 9. The molecule has 1 aliphatic rings. The van der Waals surface area contributed by atoms with Gasteiger partial charge in [0.2, 0.25) is 11.9 Å². The zero-order valence-electron chi connectivity index (χ0n) is 19.6. The van der Waals surface area contributed by atoms with E-state index in [2.05, 4.69) is 39.7 Å². The number of ether oxygens (including phenoxy) is 1. The van der Waals surface area contributed by atoms with Gasteiger partial charge in [-0.2, -0.15) is 0 Å². The molecular weight excluding hydrogens is 461 g/mol. The molecule has 1 fully saturated rings. The van der Waals surface area contributed by atoms with E-state index < -0.39 is 6.67 Å². The van der Waals surface area contributed by atoms with Crippen LogP contribution in [0.1, 0.15) is 11.1 Å². The third-order valence-electron chi connectivity index (χ3n) is 5.77. The van der Waals surface area contributed by atoms with Crippen molar-refractivity contribution in [2.75, 3.05) is 49.3 Å². The number of imidazole rings is 1. The Labute approximate surface area is 208 Å². The van der Waals surface area contributed by atoms with Gasteiger partial charge in [0.1, 0.15) is 18.8 Å². The van der Waals surface area contributed by atoms with Crippen LogP contribution in [0.3, 0.4) is 0 Å². The summed E-state index contributed by atoms with van der Waals surface area (Å²) in [5, 5.41) is 0. The molecular formula is C25H26FN9O. The van der Waals surface area contributed by atoms with Crippen LogP contribution in [0.4, 0.5) is 16.3 Å². The molecule has 5 rings (SSSR count). The Morgan fingerprint density at radius 1 is 0.917 bits per heavy atom. The van der Waals surface area contributed by atoms with Crippen molar-refractivity contribution in [2.45, 2.75) is 6.04 Å². The average Bonchev–Trinajstić information content (AvgIpc) is 3.48. The summed E-state index contributed by atoms with van der Waals surface area (Å²) in [5.41, 5.74) is 1.86. The highest BCUT2D eigenvalue weighted by Gasteiger charge is 2.30. The van der Waals surface area contributed by atoms with Gasteiger partial charge in [-0.05, 0) is 23.8 Å². The van der Waals surface area contributed by atoms with Crippen molar-refractivity contribution >= 4 is 24.0 Å². The summed E-state index contributed by atoms with van der Waals surface area (Å²) < 4.78 is 20.0. The summed E-state index contributed by atoms with van der Waals surface area (Å²) >= 11 is 0. The van der Waals surface area contributed by atoms with E-state index in [4.69, 9.17) is 4.74 Å². The zero-order chi connectivity index (χ0) is 24.6. The van der Waals surface area contributed by atoms with Crippen molar-refractivity contribution < 1.29 is 9.13 Å². The molecule has 1 atom stereocenters. The Bertz CT molecular complexity index is 1240. The second-order valence-electron chi connectivity index (χ2n) is 8.18. The van der Waals surface area contributed by atoms with E-state index >= 15 is 0 Å². The van der Waals surface area contributed by atoms with Gasteiger partial charge in [-0.15, -0.1) is 0 Å². The number of nitrogens with zero attached hydrogens (tertiary/aromatic N) is 9. The van der Waals surface area contributed by atoms with Gasteiger partial charge in [-0.1, -0.05) is 12.2 Å². The highest BCUT2D eigenvalue weighted by atomic mass is 19.1. The van der Waals surface area contributed by atoms with Crippen LogP contribution in [0.5, 0.6) is 0 Å². The number of piperazine rings is 1. The molecule has 1 aliphatic heterocycles. The fourth-order valence-corrected chi connectivity index (χ4v) is 3.97. The van der Waals surface area contributed by atoms with Crippen molar-refractivity contribution in [3.05, 3.63) is 79.0 Å². The molecule has 0 saturated carbocycles. The first-order chi connectivity index (χ1) is 17.8. The smallest absolute Gasteiger partial charge is 0.225 e. The molecule has 0 bridgehead atoms. The molecule has 4 aromatic heterocycles. The van der Waals surface area contributed by atoms with Gasteiger partial charge < -0.3 is 14.5 Å². The van der Waals surface area contributed by atoms with E-state index in [0.717, 1.165) is 16.9 Å². The number of halogens is 1. The number of aromatic nitrogens is 7. The molecule has 4 aromatic rings. The average molecular weight is 488 g/mol. The van der Waals surface area contributed by atoms with E-state index in [-0.39, 0.29) is 12.6 Å². The predicted molar refractivity (Wildman–Crippen MR) is 134 cm³/mol. The minimum Gasteiger partial charge on any atom is -0.377 e. The van der Waals surface area contributed by atoms with E-state index in [1.165, 1.54) is 0 Å². The molecule has 0 aromatic carbocycles. The molecule has 5 heterocycles. The zero-order valence-corrected chi connectivity index (χ0v) is 19.6. The number of hydrogen-bond donors (Lipinski definition) is 0. The Hall–Kier alpha value is -4.25. The summed E-state index contributed by atoms with van der Waals surface area (Å²) in [6, 6.07) is 5.67. The first kappa shape index (κ1) is 23.5. The van der Waals surface area contributed by atoms with Crippen molar-refractivity contribution in [3.63, 3.8) is 0 Å². The lowest BCUT2D eigenvalue weighted by molar-refractivity contribution is 0.104. The van der Waals surface area contributed by atoms with Gasteiger partial charge in [0.05, 0.1) is 19.3 Å². The number of anilines is 2. The van der Waals surface area contributed by atoms with Crippen LogP contribution in [-0.4, -0.2) is 80.0 Å². The molecule has 0 amide bonds. The summed E-state index contributed by atoms with van der Waals surface area (Å²) in [6.07, 6.45) is 18.0. The summed E-state index contributed by atoms with van der Waals surface area (Å²) in [4.78, 5) is 30.6. The quantitative estimate of drug-likeness (QED) is 0.330. The van der Waals surface area contributed by atoms with Gasteiger partial charge in [0.25, 0.3) is 0 Å². The van der Waals surface area contributed by atoms with E-state index in [1.54, 1.807) is 43.4 Å². The summed E-state index contributed by atoms with van der Waals surface area (Å²) in [6.45, 7) is 1.94. The van der Waals surface area contributed by atoms with E-state index in [1.807, 2.05) is 41.2 Å². The molecule has 10 nitrogen and oxygen atoms in total. The van der Waals surface area contributed by atoms with Gasteiger partial charge in [0.15, 0.2) is 0 Å². The minimum absolute atomic E-state index is 0.0475. The molecule has 0 radical (unpaired) electrons. The Balaban J connectivity index is 1.23. The number of alkyl halides is 1. The Morgan fingerprint density at radius 3 is 2.44 bits per heavy atom. The molecule has 0 unspecified atom stereocenters. The van der Waals surface area contributed by atoms with Gasteiger partial charge in [-0.3, -0.25) is 4.57 Å². The second kappa shape index (κ2) is 11.5. The van der Waals surface area contributed by atoms with E-state index in [9.17, 15) is 4.39 Å². The minimum atomic E-state index is -0.513. The first-order valence-electron chi connectivity index (χ1n) is 11.7. The topological polar surface area (TPSA) is 98.0 Å². The lowest BCUT2D eigenvalue weighted by atomic mass is 10.2. The molecule has 0 aliphatic carbocycles. The van der Waals surface area contributed by atoms with Crippen LogP contribution in [-0.2, 0) is 4.74 Å². The molecule has 1 saturated heterocycles. The Morgan fingerprint density at radius 2 is 1.72 bits per heavy atom. The van der Waals surface area contributed by atoms with E-state index in [0.29, 0.717) is 38.1 Å². The standard InChI is InChI=1S/C25H26FN9O/c26-6-13-36-18-22-17-33(11-12-35(22)25-28-7-1-8-29-25)24-31-15-21(16-32-24)3-2-20-4-5-23(30-14-20)34-10-9-27-19-34/h1-5,7-10,14-16,19,22H,6,11-13,17-18H2/b3-2+/t22-/m1/s1. The maximum Gasteiger partial charge on any atom is 0.225 e. The van der Waals surface area contributed by atoms with Crippen LogP contribution in [0.15, 0.2) is 67.9 Å². The third kappa shape index (κ3) is 5.69. The van der Waals surface area contributed by atoms with Crippen molar-refractivity contribution in [2.24, 2.45) is 0 Å². The number of hydrogen-bond acceptors (Lipinski definition) is 9. The molecule has 11 heteroatoms. The van der Waals surface area contributed by atoms with Gasteiger partial charge in [-0.25, -0.2) is 34.3 Å². The molecule has 0 N–H and O–H groups in total. The molecule has 36 heavy (non-hydrogen) atoms. The molecule has 0 spiro atoms. The van der Waals surface area contributed by atoms with Crippen molar-refractivity contribution in [3.8, 4) is 5.82 Å². The van der Waals surface area contributed by atoms with Crippen LogP contribution in [0.25, 0.3) is 18.0 Å². The highest BCUT2D eigenvalue weighted by Crippen LogP contribution is 2.20. The summed E-state index contributed by atoms with van der Waals surface area (Å²) in [7, 11) is 0. The third-order valence-corrected chi connectivity index (χ3v) is 5.77. The fraction of sp³-hybridized carbons (Fsp3) is 0.280. The first-order valence-corrected chi connectivity index (χ1v) is 11.7. The lowest BCUT2D eigenvalue weighted by Crippen LogP contribution is -2.56. The van der Waals surface area contributed by atoms with Crippen molar-refractivity contribution in [1.29, 1.82) is 0 Å². The lowest BCUT2D eigenvalue weighted by Gasteiger charge is -2.41. The van der Waals surface area contributed by atoms with Gasteiger partial charge in [0, 0.05) is 68.6 Å². The SMILES string of the molecule is FCCOC[C@H]1CN(c2ncc(/C=C/c3ccc(-n4ccnc4)nc3)cn2)CCN1c1ncccn1. The largest absolute Gasteiger partial charge is 0.377 e. The van der Waals surface area contributed by atoms with Crippen LogP contribution < -0.4 is 9.80 Å². The fourth-order valence-electron chi connectivity index (χ4n) is 3.97. The second-order valence-corrected chi connectivity index (χ2v) is 8.18. The van der Waals surface area contributed by atoms with Crippen LogP contribution in [0.2, 0.25) is 0 Å². The monoisotopic (exact) mass is 487 g/mol. The maximum atomic E-state index is 12.6. The normalized spacial score (nSPS) is 16.1. The summed E-state index contributed by atoms with van der Waals surface area (Å²) in [5.74, 6) is 2.09. The maximum absolute atomic E-state index is 12.6. The Kier molecular flexibility index (Phi) is 7.47. The van der Waals surface area contributed by atoms with Crippen LogP contribution in [0, 0.1) is 0 Å². The van der Waals surface area contributed by atoms with Crippen LogP contribution >= 0.6 is 0 Å². The predicted octanol–water partition coefficient (Wildman–Crippen LogP) is 2.70.